The van der Waals surface area contributed by atoms with E-state index in [0.29, 0.717) is 25.5 Å². The van der Waals surface area contributed by atoms with Gasteiger partial charge in [-0.3, -0.25) is 4.90 Å². The Balaban J connectivity index is 1.37. The first kappa shape index (κ1) is 23.6. The third kappa shape index (κ3) is 5.18. The second-order valence-electron chi connectivity index (χ2n) is 7.99. The smallest absolute Gasteiger partial charge is 0.246 e. The minimum Gasteiger partial charge on any atom is -0.495 e. The molecule has 0 saturated carbocycles. The van der Waals surface area contributed by atoms with Gasteiger partial charge in [0.05, 0.1) is 13.7 Å². The number of nitrogens with zero attached hydrogens (tertiary/aromatic N) is 6. The summed E-state index contributed by atoms with van der Waals surface area (Å²) < 4.78 is 46.3. The molecule has 1 N–H and O–H groups in total. The highest BCUT2D eigenvalue weighted by molar-refractivity contribution is 7.89. The van der Waals surface area contributed by atoms with E-state index >= 15 is 0 Å². The van der Waals surface area contributed by atoms with E-state index in [1.54, 1.807) is 0 Å². The molecule has 33 heavy (non-hydrogen) atoms. The van der Waals surface area contributed by atoms with E-state index in [4.69, 9.17) is 9.84 Å². The molecule has 0 amide bonds. The molecule has 12 heteroatoms. The molecule has 0 atom stereocenters. The van der Waals surface area contributed by atoms with Crippen LogP contribution in [0.5, 0.6) is 5.75 Å². The van der Waals surface area contributed by atoms with Gasteiger partial charge < -0.3 is 19.6 Å². The number of benzene rings is 1. The Bertz CT molecular complexity index is 1040. The molecular formula is C21H29FN6O4S. The van der Waals surface area contributed by atoms with E-state index in [-0.39, 0.29) is 30.3 Å². The Kier molecular flexibility index (Phi) is 7.27. The van der Waals surface area contributed by atoms with Crippen molar-refractivity contribution in [2.24, 2.45) is 0 Å². The predicted molar refractivity (Wildman–Crippen MR) is 122 cm³/mol. The lowest BCUT2D eigenvalue weighted by molar-refractivity contribution is 0.188. The minimum atomic E-state index is -3.88. The van der Waals surface area contributed by atoms with Crippen molar-refractivity contribution < 1.29 is 22.7 Å². The average Bonchev–Trinajstić information content (AvgIpc) is 2.85. The van der Waals surface area contributed by atoms with Crippen LogP contribution in [-0.2, 0) is 10.0 Å². The quantitative estimate of drug-likeness (QED) is 0.597. The summed E-state index contributed by atoms with van der Waals surface area (Å²) in [6, 6.07) is 7.33. The Hall–Kier alpha value is -2.54. The number of ether oxygens (including phenoxy) is 1. The summed E-state index contributed by atoms with van der Waals surface area (Å²) >= 11 is 0. The average molecular weight is 481 g/mol. The van der Waals surface area contributed by atoms with E-state index < -0.39 is 15.8 Å². The summed E-state index contributed by atoms with van der Waals surface area (Å²) in [6.07, 6.45) is 0. The predicted octanol–water partition coefficient (Wildman–Crippen LogP) is 0.250. The van der Waals surface area contributed by atoms with Crippen molar-refractivity contribution in [2.75, 3.05) is 82.4 Å². The molecule has 0 unspecified atom stereocenters. The van der Waals surface area contributed by atoms with Crippen molar-refractivity contribution in [3.63, 3.8) is 0 Å². The van der Waals surface area contributed by atoms with Crippen molar-refractivity contribution >= 4 is 21.7 Å². The van der Waals surface area contributed by atoms with Crippen LogP contribution in [0.15, 0.2) is 35.2 Å². The van der Waals surface area contributed by atoms with Crippen LogP contribution in [-0.4, -0.2) is 106 Å². The Morgan fingerprint density at radius 3 is 2.03 bits per heavy atom. The molecule has 2 aliphatic heterocycles. The fraction of sp³-hybridized carbons (Fsp3) is 0.524. The van der Waals surface area contributed by atoms with E-state index in [0.717, 1.165) is 38.1 Å². The van der Waals surface area contributed by atoms with Crippen LogP contribution in [0.1, 0.15) is 0 Å². The number of piperazine rings is 2. The topological polar surface area (TPSA) is 102 Å². The first-order valence-corrected chi connectivity index (χ1v) is 12.4. The van der Waals surface area contributed by atoms with Crippen molar-refractivity contribution in [3.05, 3.63) is 36.1 Å². The van der Waals surface area contributed by atoms with Gasteiger partial charge in [-0.15, -0.1) is 10.2 Å². The van der Waals surface area contributed by atoms with Crippen LogP contribution in [0.3, 0.4) is 0 Å². The highest BCUT2D eigenvalue weighted by Crippen LogP contribution is 2.28. The zero-order valence-electron chi connectivity index (χ0n) is 18.6. The fourth-order valence-electron chi connectivity index (χ4n) is 4.15. The van der Waals surface area contributed by atoms with E-state index in [2.05, 4.69) is 20.0 Å². The van der Waals surface area contributed by atoms with Gasteiger partial charge in [0, 0.05) is 58.9 Å². The third-order valence-electron chi connectivity index (χ3n) is 6.06. The van der Waals surface area contributed by atoms with Crippen LogP contribution in [0, 0.1) is 5.82 Å². The molecule has 10 nitrogen and oxygen atoms in total. The van der Waals surface area contributed by atoms with Crippen molar-refractivity contribution in [2.45, 2.75) is 4.90 Å². The lowest BCUT2D eigenvalue weighted by Gasteiger charge is -2.36. The van der Waals surface area contributed by atoms with Gasteiger partial charge in [-0.2, -0.15) is 4.31 Å². The molecule has 1 aromatic heterocycles. The van der Waals surface area contributed by atoms with Crippen LogP contribution in [0.25, 0.3) is 0 Å². The maximum atomic E-state index is 13.7. The Morgan fingerprint density at radius 1 is 0.939 bits per heavy atom. The summed E-state index contributed by atoms with van der Waals surface area (Å²) in [4.78, 5) is 6.21. The maximum absolute atomic E-state index is 13.7. The first-order chi connectivity index (χ1) is 15.9. The number of hydrogen-bond donors (Lipinski definition) is 1. The number of sulfonamides is 1. The standard InChI is InChI=1S/C21H29FN6O4S/c1-32-18-3-2-17(22)16-19(18)33(30,31)28-12-10-27(11-13-28)21-5-4-20(23-24-21)26-8-6-25(7-9-26)14-15-29/h2-5,16,29H,6-15H2,1H3. The van der Waals surface area contributed by atoms with Crippen LogP contribution < -0.4 is 14.5 Å². The normalized spacial score (nSPS) is 18.5. The molecule has 0 radical (unpaired) electrons. The van der Waals surface area contributed by atoms with Gasteiger partial charge in [-0.05, 0) is 30.3 Å². The monoisotopic (exact) mass is 480 g/mol. The summed E-state index contributed by atoms with van der Waals surface area (Å²) in [7, 11) is -2.52. The van der Waals surface area contributed by atoms with Crippen molar-refractivity contribution in [3.8, 4) is 5.75 Å². The number of rotatable bonds is 7. The SMILES string of the molecule is COc1ccc(F)cc1S(=O)(=O)N1CCN(c2ccc(N3CCN(CCO)CC3)nn2)CC1. The molecule has 0 spiro atoms. The van der Waals surface area contributed by atoms with Gasteiger partial charge in [0.25, 0.3) is 0 Å². The van der Waals surface area contributed by atoms with E-state index in [9.17, 15) is 12.8 Å². The molecule has 2 saturated heterocycles. The molecule has 0 aliphatic carbocycles. The van der Waals surface area contributed by atoms with Crippen molar-refractivity contribution in [1.82, 2.24) is 19.4 Å². The number of aromatic nitrogens is 2. The maximum Gasteiger partial charge on any atom is 0.246 e. The molecule has 2 fully saturated rings. The van der Waals surface area contributed by atoms with Crippen LogP contribution in [0.2, 0.25) is 0 Å². The number of aliphatic hydroxyl groups is 1. The Labute approximate surface area is 193 Å². The fourth-order valence-corrected chi connectivity index (χ4v) is 5.74. The van der Waals surface area contributed by atoms with Gasteiger partial charge in [0.2, 0.25) is 10.0 Å². The van der Waals surface area contributed by atoms with Gasteiger partial charge in [-0.1, -0.05) is 0 Å². The second kappa shape index (κ2) is 10.2. The number of methoxy groups -OCH3 is 1. The number of halogens is 1. The summed E-state index contributed by atoms with van der Waals surface area (Å²) in [5.74, 6) is 0.996. The zero-order chi connectivity index (χ0) is 23.4. The molecule has 3 heterocycles. The lowest BCUT2D eigenvalue weighted by atomic mass is 10.3. The molecule has 180 valence electrons. The molecular weight excluding hydrogens is 451 g/mol. The minimum absolute atomic E-state index is 0.123. The molecule has 2 aliphatic rings. The van der Waals surface area contributed by atoms with Crippen LogP contribution in [0.4, 0.5) is 16.0 Å². The number of β-amino-alcohol motifs (C(OH)–C–C–N with tert-alkyl or cyclic N) is 1. The number of aliphatic hydroxyl groups excluding tert-OH is 1. The highest BCUT2D eigenvalue weighted by Gasteiger charge is 2.31. The van der Waals surface area contributed by atoms with Crippen molar-refractivity contribution in [1.29, 1.82) is 0 Å². The van der Waals surface area contributed by atoms with E-state index in [1.807, 2.05) is 17.0 Å². The molecule has 1 aromatic carbocycles. The zero-order valence-corrected chi connectivity index (χ0v) is 19.4. The van der Waals surface area contributed by atoms with Gasteiger partial charge in [0.15, 0.2) is 11.6 Å². The second-order valence-corrected chi connectivity index (χ2v) is 9.89. The van der Waals surface area contributed by atoms with Crippen LogP contribution >= 0.6 is 0 Å². The first-order valence-electron chi connectivity index (χ1n) is 10.9. The Morgan fingerprint density at radius 2 is 1.52 bits per heavy atom. The molecule has 0 bridgehead atoms. The summed E-state index contributed by atoms with van der Waals surface area (Å²) in [5, 5.41) is 17.8. The largest absolute Gasteiger partial charge is 0.495 e. The highest BCUT2D eigenvalue weighted by atomic mass is 32.2. The molecule has 4 rings (SSSR count). The lowest BCUT2D eigenvalue weighted by Crippen LogP contribution is -2.49. The molecule has 2 aromatic rings. The third-order valence-corrected chi connectivity index (χ3v) is 7.97. The summed E-state index contributed by atoms with van der Waals surface area (Å²) in [6.45, 7) is 5.65. The van der Waals surface area contributed by atoms with Gasteiger partial charge in [0.1, 0.15) is 16.5 Å². The van der Waals surface area contributed by atoms with Gasteiger partial charge >= 0.3 is 0 Å². The van der Waals surface area contributed by atoms with E-state index in [1.165, 1.54) is 23.5 Å². The number of anilines is 2. The van der Waals surface area contributed by atoms with Gasteiger partial charge in [-0.25, -0.2) is 12.8 Å². The number of hydrogen-bond acceptors (Lipinski definition) is 9. The summed E-state index contributed by atoms with van der Waals surface area (Å²) in [5.41, 5.74) is 0.